The van der Waals surface area contributed by atoms with Gasteiger partial charge in [-0.05, 0) is 6.92 Å². The molecule has 0 atom stereocenters. The van der Waals surface area contributed by atoms with Gasteiger partial charge in [-0.15, -0.1) is 0 Å². The van der Waals surface area contributed by atoms with Gasteiger partial charge in [0.2, 0.25) is 0 Å². The Hall–Kier alpha value is -1.91. The number of nitrogen functional groups attached to an aromatic ring is 1. The van der Waals surface area contributed by atoms with Gasteiger partial charge in [-0.25, -0.2) is 0 Å². The highest BCUT2D eigenvalue weighted by atomic mass is 15.3. The molecule has 0 fully saturated rings. The lowest BCUT2D eigenvalue weighted by atomic mass is 10.3. The van der Waals surface area contributed by atoms with Crippen LogP contribution in [0.4, 0.5) is 5.69 Å². The summed E-state index contributed by atoms with van der Waals surface area (Å²) < 4.78 is 1.69. The first-order chi connectivity index (χ1) is 6.68. The van der Waals surface area contributed by atoms with E-state index < -0.39 is 0 Å². The molecule has 0 aliphatic carbocycles. The fourth-order valence-corrected chi connectivity index (χ4v) is 1.28. The lowest BCUT2D eigenvalue weighted by molar-refractivity contribution is 0.772. The Morgan fingerprint density at radius 2 is 2.00 bits per heavy atom. The quantitative estimate of drug-likeness (QED) is 0.719. The van der Waals surface area contributed by atoms with Crippen LogP contribution in [0.1, 0.15) is 5.69 Å². The third-order valence-corrected chi connectivity index (χ3v) is 1.99. The van der Waals surface area contributed by atoms with Crippen molar-refractivity contribution in [3.8, 4) is 11.4 Å². The highest BCUT2D eigenvalue weighted by Crippen LogP contribution is 2.21. The van der Waals surface area contributed by atoms with Gasteiger partial charge in [-0.1, -0.05) is 0 Å². The van der Waals surface area contributed by atoms with Crippen LogP contribution in [0.3, 0.4) is 0 Å². The zero-order chi connectivity index (χ0) is 10.1. The summed E-state index contributed by atoms with van der Waals surface area (Å²) in [6, 6.07) is 0. The average Bonchev–Trinajstić information content (AvgIpc) is 2.49. The van der Waals surface area contributed by atoms with Crippen LogP contribution in [0, 0.1) is 6.92 Å². The highest BCUT2D eigenvalue weighted by Gasteiger charge is 2.09. The van der Waals surface area contributed by atoms with Gasteiger partial charge in [0.05, 0.1) is 23.8 Å². The topological polar surface area (TPSA) is 69.6 Å². The van der Waals surface area contributed by atoms with Crippen LogP contribution < -0.4 is 5.73 Å². The van der Waals surface area contributed by atoms with Gasteiger partial charge < -0.3 is 5.73 Å². The van der Waals surface area contributed by atoms with E-state index in [0.717, 1.165) is 17.1 Å². The molecule has 0 spiro atoms. The van der Waals surface area contributed by atoms with Gasteiger partial charge >= 0.3 is 0 Å². The summed E-state index contributed by atoms with van der Waals surface area (Å²) in [5.74, 6) is 0. The molecule has 0 bridgehead atoms. The van der Waals surface area contributed by atoms with Gasteiger partial charge in [0.1, 0.15) is 11.4 Å². The minimum atomic E-state index is 0.616. The molecule has 14 heavy (non-hydrogen) atoms. The molecule has 0 aliphatic heterocycles. The summed E-state index contributed by atoms with van der Waals surface area (Å²) >= 11 is 0. The van der Waals surface area contributed by atoms with E-state index in [9.17, 15) is 0 Å². The molecule has 5 nitrogen and oxygen atoms in total. The maximum absolute atomic E-state index is 5.76. The van der Waals surface area contributed by atoms with Crippen LogP contribution in [-0.2, 0) is 7.05 Å². The molecule has 72 valence electrons. The second kappa shape index (κ2) is 3.10. The Morgan fingerprint density at radius 1 is 1.21 bits per heavy atom. The number of rotatable bonds is 1. The van der Waals surface area contributed by atoms with Crippen molar-refractivity contribution in [2.75, 3.05) is 5.73 Å². The van der Waals surface area contributed by atoms with Crippen LogP contribution in [0.15, 0.2) is 18.6 Å². The molecule has 0 unspecified atom stereocenters. The average molecular weight is 189 g/mol. The molecule has 2 aromatic heterocycles. The molecule has 0 amide bonds. The van der Waals surface area contributed by atoms with Crippen molar-refractivity contribution >= 4 is 5.69 Å². The number of aryl methyl sites for hydroxylation is 2. The summed E-state index contributed by atoms with van der Waals surface area (Å²) in [6.45, 7) is 1.89. The van der Waals surface area contributed by atoms with Crippen molar-refractivity contribution in [3.63, 3.8) is 0 Å². The zero-order valence-corrected chi connectivity index (χ0v) is 8.10. The molecule has 2 heterocycles. The van der Waals surface area contributed by atoms with E-state index in [-0.39, 0.29) is 0 Å². The van der Waals surface area contributed by atoms with Crippen molar-refractivity contribution < 1.29 is 0 Å². The summed E-state index contributed by atoms with van der Waals surface area (Å²) in [4.78, 5) is 8.40. The zero-order valence-electron chi connectivity index (χ0n) is 8.10. The minimum Gasteiger partial charge on any atom is -0.396 e. The predicted octanol–water partition coefficient (Wildman–Crippen LogP) is 0.768. The second-order valence-corrected chi connectivity index (χ2v) is 3.12. The van der Waals surface area contributed by atoms with Crippen molar-refractivity contribution in [2.24, 2.45) is 7.05 Å². The smallest absolute Gasteiger partial charge is 0.111 e. The third-order valence-electron chi connectivity index (χ3n) is 1.99. The lowest BCUT2D eigenvalue weighted by Gasteiger charge is -2.02. The molecule has 0 saturated heterocycles. The Kier molecular flexibility index (Phi) is 1.92. The van der Waals surface area contributed by atoms with Gasteiger partial charge in [-0.2, -0.15) is 5.10 Å². The standard InChI is InChI=1S/C9H11N5/c1-6-3-12-8(5-11-6)9-7(10)4-13-14(9)2/h3-5H,10H2,1-2H3. The lowest BCUT2D eigenvalue weighted by Crippen LogP contribution is -1.98. The van der Waals surface area contributed by atoms with Gasteiger partial charge in [0.25, 0.3) is 0 Å². The highest BCUT2D eigenvalue weighted by molar-refractivity contribution is 5.68. The van der Waals surface area contributed by atoms with Crippen molar-refractivity contribution in [1.82, 2.24) is 19.7 Å². The number of hydrogen-bond donors (Lipinski definition) is 1. The van der Waals surface area contributed by atoms with Gasteiger partial charge in [0, 0.05) is 13.2 Å². The fourth-order valence-electron chi connectivity index (χ4n) is 1.28. The second-order valence-electron chi connectivity index (χ2n) is 3.12. The molecular formula is C9H11N5. The SMILES string of the molecule is Cc1cnc(-c2c(N)cnn2C)cn1. The first-order valence-corrected chi connectivity index (χ1v) is 4.25. The molecule has 0 aliphatic rings. The molecule has 2 aromatic rings. The maximum atomic E-state index is 5.76. The Labute approximate surface area is 81.6 Å². The molecular weight excluding hydrogens is 178 g/mol. The normalized spacial score (nSPS) is 10.4. The predicted molar refractivity (Wildman–Crippen MR) is 53.4 cm³/mol. The Bertz CT molecular complexity index is 423. The number of hydrogen-bond acceptors (Lipinski definition) is 4. The molecule has 5 heteroatoms. The number of nitrogens with zero attached hydrogens (tertiary/aromatic N) is 4. The Balaban J connectivity index is 2.54. The summed E-state index contributed by atoms with van der Waals surface area (Å²) in [5, 5.41) is 4.04. The molecule has 2 rings (SSSR count). The van der Waals surface area contributed by atoms with E-state index in [0.29, 0.717) is 5.69 Å². The minimum absolute atomic E-state index is 0.616. The Morgan fingerprint density at radius 3 is 2.50 bits per heavy atom. The van der Waals surface area contributed by atoms with E-state index in [1.165, 1.54) is 0 Å². The van der Waals surface area contributed by atoms with Gasteiger partial charge in [-0.3, -0.25) is 14.6 Å². The largest absolute Gasteiger partial charge is 0.396 e. The van der Waals surface area contributed by atoms with Crippen LogP contribution in [-0.4, -0.2) is 19.7 Å². The molecule has 0 saturated carbocycles. The van der Waals surface area contributed by atoms with Crippen molar-refractivity contribution in [3.05, 3.63) is 24.3 Å². The van der Waals surface area contributed by atoms with E-state index in [2.05, 4.69) is 15.1 Å². The van der Waals surface area contributed by atoms with E-state index in [4.69, 9.17) is 5.73 Å². The number of aromatic nitrogens is 4. The first kappa shape index (κ1) is 8.68. The van der Waals surface area contributed by atoms with E-state index in [1.54, 1.807) is 23.3 Å². The summed E-state index contributed by atoms with van der Waals surface area (Å²) in [5.41, 5.74) is 8.81. The molecule has 2 N–H and O–H groups in total. The van der Waals surface area contributed by atoms with Crippen LogP contribution in [0.2, 0.25) is 0 Å². The van der Waals surface area contributed by atoms with Crippen molar-refractivity contribution in [1.29, 1.82) is 0 Å². The van der Waals surface area contributed by atoms with Crippen LogP contribution in [0.25, 0.3) is 11.4 Å². The van der Waals surface area contributed by atoms with Crippen molar-refractivity contribution in [2.45, 2.75) is 6.92 Å². The molecule has 0 aromatic carbocycles. The first-order valence-electron chi connectivity index (χ1n) is 4.25. The third kappa shape index (κ3) is 1.32. The van der Waals surface area contributed by atoms with E-state index >= 15 is 0 Å². The van der Waals surface area contributed by atoms with Crippen LogP contribution in [0.5, 0.6) is 0 Å². The number of anilines is 1. The molecule has 0 radical (unpaired) electrons. The maximum Gasteiger partial charge on any atom is 0.111 e. The van der Waals surface area contributed by atoms with Gasteiger partial charge in [0.15, 0.2) is 0 Å². The fraction of sp³-hybridized carbons (Fsp3) is 0.222. The summed E-state index contributed by atoms with van der Waals surface area (Å²) in [6.07, 6.45) is 5.02. The monoisotopic (exact) mass is 189 g/mol. The number of nitrogens with two attached hydrogens (primary N) is 1. The van der Waals surface area contributed by atoms with E-state index in [1.807, 2.05) is 14.0 Å². The van der Waals surface area contributed by atoms with Crippen LogP contribution >= 0.6 is 0 Å². The summed E-state index contributed by atoms with van der Waals surface area (Å²) in [7, 11) is 1.83.